The van der Waals surface area contributed by atoms with Crippen LogP contribution in [0.3, 0.4) is 0 Å². The first-order chi connectivity index (χ1) is 17.3. The number of halogens is 2. The summed E-state index contributed by atoms with van der Waals surface area (Å²) in [6, 6.07) is 11.5. The highest BCUT2D eigenvalue weighted by molar-refractivity contribution is 6.30. The van der Waals surface area contributed by atoms with E-state index in [0.29, 0.717) is 34.8 Å². The second kappa shape index (κ2) is 9.13. The van der Waals surface area contributed by atoms with Crippen molar-refractivity contribution in [3.8, 4) is 5.75 Å². The Labute approximate surface area is 223 Å². The average molecular weight is 522 g/mol. The molecule has 1 aliphatic heterocycles. The summed E-state index contributed by atoms with van der Waals surface area (Å²) in [5, 5.41) is 0.513. The molecule has 37 heavy (non-hydrogen) atoms. The number of carbonyl (C=O) groups excluding carboxylic acids is 2. The number of Topliss-reactive ketones (excluding diaryl/α,β-unsaturated/α-hetero) is 2. The van der Waals surface area contributed by atoms with Crippen molar-refractivity contribution in [2.24, 2.45) is 10.8 Å². The third-order valence-electron chi connectivity index (χ3n) is 7.77. The highest BCUT2D eigenvalue weighted by Gasteiger charge is 2.48. The number of benzene rings is 2. The minimum Gasteiger partial charge on any atom is -0.489 e. The SMILES string of the molecule is CN1C2=C(C(=O)CC(C)(C)C2)C(c2cc(Cl)ccc2OCc2ccc(F)cc2)C2=C1CC(C)(C)CC2=O. The van der Waals surface area contributed by atoms with Crippen LogP contribution in [0.1, 0.15) is 70.4 Å². The molecule has 0 fully saturated rings. The standard InChI is InChI=1S/C31H33ClFNO3/c1-30(2)13-22-28(24(35)15-30)27(29-23(34(22)5)14-31(3,4)16-25(29)36)21-12-19(32)8-11-26(21)37-17-18-6-9-20(33)10-7-18/h6-12,27H,13-17H2,1-5H3. The molecule has 0 radical (unpaired) electrons. The molecule has 0 unspecified atom stereocenters. The zero-order valence-electron chi connectivity index (χ0n) is 22.1. The van der Waals surface area contributed by atoms with Crippen molar-refractivity contribution in [3.63, 3.8) is 0 Å². The number of hydrogen-bond donors (Lipinski definition) is 0. The van der Waals surface area contributed by atoms with E-state index in [9.17, 15) is 14.0 Å². The van der Waals surface area contributed by atoms with Crippen LogP contribution in [0.2, 0.25) is 5.02 Å². The maximum Gasteiger partial charge on any atom is 0.162 e. The number of ketones is 2. The Bertz CT molecular complexity index is 1300. The Morgan fingerprint density at radius 2 is 1.43 bits per heavy atom. The van der Waals surface area contributed by atoms with E-state index in [1.54, 1.807) is 24.3 Å². The Morgan fingerprint density at radius 1 is 0.892 bits per heavy atom. The highest BCUT2D eigenvalue weighted by Crippen LogP contribution is 2.55. The van der Waals surface area contributed by atoms with E-state index in [0.717, 1.165) is 35.4 Å². The molecule has 6 heteroatoms. The zero-order chi connectivity index (χ0) is 26.7. The minimum absolute atomic E-state index is 0.0664. The summed E-state index contributed by atoms with van der Waals surface area (Å²) in [6.45, 7) is 8.70. The summed E-state index contributed by atoms with van der Waals surface area (Å²) in [7, 11) is 1.99. The van der Waals surface area contributed by atoms with E-state index in [4.69, 9.17) is 16.3 Å². The molecule has 0 atom stereocenters. The maximum absolute atomic E-state index is 13.8. The molecule has 0 amide bonds. The van der Waals surface area contributed by atoms with Crippen molar-refractivity contribution in [3.05, 3.63) is 87.0 Å². The Morgan fingerprint density at radius 3 is 1.97 bits per heavy atom. The van der Waals surface area contributed by atoms with Gasteiger partial charge in [0.15, 0.2) is 11.6 Å². The molecule has 0 N–H and O–H groups in total. The largest absolute Gasteiger partial charge is 0.489 e. The van der Waals surface area contributed by atoms with Gasteiger partial charge in [0, 0.05) is 58.9 Å². The first-order valence-electron chi connectivity index (χ1n) is 12.8. The Hall–Kier alpha value is -2.92. The van der Waals surface area contributed by atoms with Gasteiger partial charge in [-0.2, -0.15) is 0 Å². The first kappa shape index (κ1) is 25.7. The Balaban J connectivity index is 1.67. The van der Waals surface area contributed by atoms with Crippen molar-refractivity contribution >= 4 is 23.2 Å². The molecule has 0 aromatic heterocycles. The van der Waals surface area contributed by atoms with Gasteiger partial charge in [0.2, 0.25) is 0 Å². The number of nitrogens with zero attached hydrogens (tertiary/aromatic N) is 1. The predicted octanol–water partition coefficient (Wildman–Crippen LogP) is 7.37. The van der Waals surface area contributed by atoms with Crippen molar-refractivity contribution < 1.29 is 18.7 Å². The summed E-state index contributed by atoms with van der Waals surface area (Å²) in [6.07, 6.45) is 2.34. The Kier molecular flexibility index (Phi) is 6.34. The monoisotopic (exact) mass is 521 g/mol. The predicted molar refractivity (Wildman–Crippen MR) is 143 cm³/mol. The molecule has 2 aromatic carbocycles. The van der Waals surface area contributed by atoms with Crippen LogP contribution >= 0.6 is 11.6 Å². The lowest BCUT2D eigenvalue weighted by Crippen LogP contribution is -2.43. The molecular weight excluding hydrogens is 489 g/mol. The minimum atomic E-state index is -0.532. The molecule has 3 aliphatic rings. The number of rotatable bonds is 4. The maximum atomic E-state index is 13.8. The number of carbonyl (C=O) groups is 2. The lowest BCUT2D eigenvalue weighted by molar-refractivity contribution is -0.119. The summed E-state index contributed by atoms with van der Waals surface area (Å²) in [4.78, 5) is 29.6. The van der Waals surface area contributed by atoms with Crippen LogP contribution in [-0.2, 0) is 16.2 Å². The molecule has 0 bridgehead atoms. The highest BCUT2D eigenvalue weighted by atomic mass is 35.5. The summed E-state index contributed by atoms with van der Waals surface area (Å²) < 4.78 is 19.6. The fourth-order valence-corrected chi connectivity index (χ4v) is 6.27. The second-order valence-electron chi connectivity index (χ2n) is 12.2. The fourth-order valence-electron chi connectivity index (χ4n) is 6.09. The van der Waals surface area contributed by atoms with Gasteiger partial charge in [0.05, 0.1) is 0 Å². The van der Waals surface area contributed by atoms with Crippen LogP contribution in [0.25, 0.3) is 0 Å². The van der Waals surface area contributed by atoms with Gasteiger partial charge in [-0.25, -0.2) is 4.39 Å². The van der Waals surface area contributed by atoms with Gasteiger partial charge in [-0.3, -0.25) is 9.59 Å². The summed E-state index contributed by atoms with van der Waals surface area (Å²) >= 11 is 6.50. The number of ether oxygens (including phenoxy) is 1. The molecule has 5 rings (SSSR count). The van der Waals surface area contributed by atoms with Crippen LogP contribution in [0.5, 0.6) is 5.75 Å². The lowest BCUT2D eigenvalue weighted by atomic mass is 9.63. The quantitative estimate of drug-likeness (QED) is 0.421. The van der Waals surface area contributed by atoms with E-state index in [1.165, 1.54) is 12.1 Å². The van der Waals surface area contributed by atoms with Crippen molar-refractivity contribution in [2.45, 2.75) is 65.9 Å². The molecule has 1 heterocycles. The molecule has 2 aliphatic carbocycles. The van der Waals surface area contributed by atoms with Crippen LogP contribution in [0.15, 0.2) is 65.0 Å². The second-order valence-corrected chi connectivity index (χ2v) is 12.6. The van der Waals surface area contributed by atoms with Crippen LogP contribution in [0.4, 0.5) is 4.39 Å². The van der Waals surface area contributed by atoms with Crippen molar-refractivity contribution in [1.29, 1.82) is 0 Å². The van der Waals surface area contributed by atoms with Gasteiger partial charge in [-0.1, -0.05) is 51.4 Å². The summed E-state index contributed by atoms with van der Waals surface area (Å²) in [5.41, 5.74) is 4.54. The summed E-state index contributed by atoms with van der Waals surface area (Å²) in [5.74, 6) is -0.139. The first-order valence-corrected chi connectivity index (χ1v) is 13.2. The third kappa shape index (κ3) is 4.86. The van der Waals surface area contributed by atoms with Crippen molar-refractivity contribution in [1.82, 2.24) is 4.90 Å². The molecular formula is C31H33ClFNO3. The number of allylic oxidation sites excluding steroid dienone is 4. The molecule has 4 nitrogen and oxygen atoms in total. The number of hydrogen-bond acceptors (Lipinski definition) is 4. The van der Waals surface area contributed by atoms with E-state index >= 15 is 0 Å². The topological polar surface area (TPSA) is 46.6 Å². The van der Waals surface area contributed by atoms with Gasteiger partial charge in [0.1, 0.15) is 18.2 Å². The molecule has 0 spiro atoms. The van der Waals surface area contributed by atoms with Crippen molar-refractivity contribution in [2.75, 3.05) is 7.05 Å². The zero-order valence-corrected chi connectivity index (χ0v) is 22.8. The van der Waals surface area contributed by atoms with E-state index < -0.39 is 5.92 Å². The molecule has 0 saturated heterocycles. The van der Waals surface area contributed by atoms with E-state index in [-0.39, 0.29) is 34.8 Å². The fraction of sp³-hybridized carbons (Fsp3) is 0.419. The van der Waals surface area contributed by atoms with E-state index in [1.807, 2.05) is 13.1 Å². The molecule has 194 valence electrons. The van der Waals surface area contributed by atoms with Crippen LogP contribution in [0, 0.1) is 16.6 Å². The molecule has 2 aromatic rings. The van der Waals surface area contributed by atoms with E-state index in [2.05, 4.69) is 32.6 Å². The lowest BCUT2D eigenvalue weighted by Gasteiger charge is -2.48. The van der Waals surface area contributed by atoms with Gasteiger partial charge in [0.25, 0.3) is 0 Å². The normalized spacial score (nSPS) is 21.2. The van der Waals surface area contributed by atoms with Gasteiger partial charge >= 0.3 is 0 Å². The van der Waals surface area contributed by atoms with Crippen LogP contribution in [-0.4, -0.2) is 23.5 Å². The smallest absolute Gasteiger partial charge is 0.162 e. The third-order valence-corrected chi connectivity index (χ3v) is 8.01. The van der Waals surface area contributed by atoms with Gasteiger partial charge in [-0.05, 0) is 59.6 Å². The van der Waals surface area contributed by atoms with Gasteiger partial charge in [-0.15, -0.1) is 0 Å². The molecule has 0 saturated carbocycles. The van der Waals surface area contributed by atoms with Crippen LogP contribution < -0.4 is 4.74 Å². The van der Waals surface area contributed by atoms with Gasteiger partial charge < -0.3 is 9.64 Å². The average Bonchev–Trinajstić information content (AvgIpc) is 2.79.